The molecule has 1 aliphatic rings. The second-order valence-corrected chi connectivity index (χ2v) is 6.90. The summed E-state index contributed by atoms with van der Waals surface area (Å²) in [5.41, 5.74) is 8.15. The van der Waals surface area contributed by atoms with Gasteiger partial charge in [-0.2, -0.15) is 0 Å². The highest BCUT2D eigenvalue weighted by atomic mass is 35.5. The Morgan fingerprint density at radius 1 is 1.41 bits per heavy atom. The fourth-order valence-electron chi connectivity index (χ4n) is 3.04. The van der Waals surface area contributed by atoms with Gasteiger partial charge in [0.15, 0.2) is 0 Å². The standard InChI is InChI=1S/C20H23ClF2N6/c1-25-4-5-26-10-14(9-24)13-8-18-20(28-11-13)27-6-7-29(18)12-15-16(22)2-3-17(23)19(15)21/h2-3,8-11,25H,4-7,12,24H2,1H3,(H,27,28). The molecule has 0 radical (unpaired) electrons. The Labute approximate surface area is 173 Å². The van der Waals surface area contributed by atoms with Gasteiger partial charge in [0, 0.05) is 61.5 Å². The summed E-state index contributed by atoms with van der Waals surface area (Å²) in [4.78, 5) is 10.7. The Hall–Kier alpha value is -2.71. The highest BCUT2D eigenvalue weighted by molar-refractivity contribution is 6.31. The normalized spacial score (nSPS) is 14.2. The zero-order valence-corrected chi connectivity index (χ0v) is 16.8. The summed E-state index contributed by atoms with van der Waals surface area (Å²) < 4.78 is 28.1. The van der Waals surface area contributed by atoms with Crippen molar-refractivity contribution in [3.05, 3.63) is 58.4 Å². The minimum absolute atomic E-state index is 0.119. The lowest BCUT2D eigenvalue weighted by atomic mass is 10.1. The molecule has 4 N–H and O–H groups in total. The molecule has 2 heterocycles. The van der Waals surface area contributed by atoms with Crippen LogP contribution in [0.4, 0.5) is 20.3 Å². The van der Waals surface area contributed by atoms with Crippen molar-refractivity contribution in [2.24, 2.45) is 10.7 Å². The van der Waals surface area contributed by atoms with Gasteiger partial charge in [0.05, 0.1) is 17.3 Å². The van der Waals surface area contributed by atoms with Crippen LogP contribution in [0, 0.1) is 11.6 Å². The molecule has 0 spiro atoms. The number of benzene rings is 1. The lowest BCUT2D eigenvalue weighted by Gasteiger charge is -2.32. The molecule has 1 aliphatic heterocycles. The molecule has 0 amide bonds. The van der Waals surface area contributed by atoms with Gasteiger partial charge in [0.2, 0.25) is 0 Å². The second kappa shape index (κ2) is 9.67. The van der Waals surface area contributed by atoms with Gasteiger partial charge in [-0.1, -0.05) is 11.6 Å². The maximum atomic E-state index is 14.3. The summed E-state index contributed by atoms with van der Waals surface area (Å²) in [6.07, 6.45) is 4.87. The summed E-state index contributed by atoms with van der Waals surface area (Å²) in [7, 11) is 1.86. The zero-order chi connectivity index (χ0) is 20.8. The van der Waals surface area contributed by atoms with Crippen molar-refractivity contribution in [1.82, 2.24) is 10.3 Å². The van der Waals surface area contributed by atoms with Crippen molar-refractivity contribution in [2.75, 3.05) is 43.4 Å². The van der Waals surface area contributed by atoms with Gasteiger partial charge in [-0.05, 0) is 25.2 Å². The number of nitrogens with two attached hydrogens (primary N) is 1. The minimum Gasteiger partial charge on any atom is -0.404 e. The van der Waals surface area contributed by atoms with Crippen molar-refractivity contribution < 1.29 is 8.78 Å². The van der Waals surface area contributed by atoms with E-state index in [1.165, 1.54) is 6.20 Å². The molecular formula is C20H23ClF2N6. The lowest BCUT2D eigenvalue weighted by molar-refractivity contribution is 0.581. The predicted octanol–water partition coefficient (Wildman–Crippen LogP) is 3.04. The van der Waals surface area contributed by atoms with E-state index in [-0.39, 0.29) is 17.1 Å². The molecule has 0 fully saturated rings. The molecule has 2 aromatic rings. The smallest absolute Gasteiger partial charge is 0.149 e. The number of aromatic nitrogens is 1. The SMILES string of the molecule is CNCCN=CC(=CN)c1cnc2c(c1)N(Cc1c(F)ccc(F)c1Cl)CCN2. The number of fused-ring (bicyclic) bond motifs is 1. The molecular weight excluding hydrogens is 398 g/mol. The van der Waals surface area contributed by atoms with E-state index in [1.54, 1.807) is 12.4 Å². The fourth-order valence-corrected chi connectivity index (χ4v) is 3.25. The molecule has 0 saturated carbocycles. The third-order valence-corrected chi connectivity index (χ3v) is 5.01. The van der Waals surface area contributed by atoms with E-state index in [4.69, 9.17) is 17.3 Å². The predicted molar refractivity (Wildman–Crippen MR) is 115 cm³/mol. The number of allylic oxidation sites excluding steroid dienone is 1. The highest BCUT2D eigenvalue weighted by Gasteiger charge is 2.22. The minimum atomic E-state index is -0.642. The number of hydrogen-bond donors (Lipinski definition) is 3. The van der Waals surface area contributed by atoms with Gasteiger partial charge in [-0.3, -0.25) is 4.99 Å². The monoisotopic (exact) mass is 420 g/mol. The fraction of sp³-hybridized carbons (Fsp3) is 0.300. The molecule has 0 unspecified atom stereocenters. The van der Waals surface area contributed by atoms with Gasteiger partial charge in [-0.15, -0.1) is 0 Å². The average molecular weight is 421 g/mol. The Morgan fingerprint density at radius 3 is 2.97 bits per heavy atom. The number of nitrogens with one attached hydrogen (secondary N) is 2. The van der Waals surface area contributed by atoms with Crippen molar-refractivity contribution in [2.45, 2.75) is 6.54 Å². The first-order chi connectivity index (χ1) is 14.0. The van der Waals surface area contributed by atoms with Crippen LogP contribution in [0.25, 0.3) is 5.57 Å². The Morgan fingerprint density at radius 2 is 2.21 bits per heavy atom. The van der Waals surface area contributed by atoms with Crippen LogP contribution in [0.1, 0.15) is 11.1 Å². The Balaban J connectivity index is 1.90. The topological polar surface area (TPSA) is 78.6 Å². The number of nitrogens with zero attached hydrogens (tertiary/aromatic N) is 3. The van der Waals surface area contributed by atoms with Crippen LogP contribution in [0.5, 0.6) is 0 Å². The number of anilines is 2. The molecule has 0 bridgehead atoms. The molecule has 0 atom stereocenters. The van der Waals surface area contributed by atoms with E-state index < -0.39 is 11.6 Å². The van der Waals surface area contributed by atoms with Crippen LogP contribution in [-0.4, -0.2) is 44.4 Å². The average Bonchev–Trinajstić information content (AvgIpc) is 2.74. The molecule has 3 rings (SSSR count). The Bertz CT molecular complexity index is 931. The van der Waals surface area contributed by atoms with Crippen LogP contribution in [0.15, 0.2) is 35.6 Å². The molecule has 9 heteroatoms. The third kappa shape index (κ3) is 4.83. The molecule has 29 heavy (non-hydrogen) atoms. The van der Waals surface area contributed by atoms with E-state index in [1.807, 2.05) is 18.0 Å². The maximum Gasteiger partial charge on any atom is 0.149 e. The second-order valence-electron chi connectivity index (χ2n) is 6.52. The number of rotatable bonds is 7. The van der Waals surface area contributed by atoms with Gasteiger partial charge in [0.1, 0.15) is 17.5 Å². The van der Waals surface area contributed by atoms with Gasteiger partial charge < -0.3 is 21.3 Å². The first-order valence-electron chi connectivity index (χ1n) is 9.23. The van der Waals surface area contributed by atoms with E-state index in [0.29, 0.717) is 25.5 Å². The maximum absolute atomic E-state index is 14.3. The third-order valence-electron chi connectivity index (χ3n) is 4.60. The molecule has 0 saturated heterocycles. The summed E-state index contributed by atoms with van der Waals surface area (Å²) in [6, 6.07) is 4.02. The van der Waals surface area contributed by atoms with Gasteiger partial charge in [-0.25, -0.2) is 13.8 Å². The van der Waals surface area contributed by atoms with Crippen LogP contribution < -0.4 is 21.3 Å². The number of halogens is 3. The summed E-state index contributed by atoms with van der Waals surface area (Å²) >= 11 is 6.01. The molecule has 154 valence electrons. The number of pyridine rings is 1. The lowest BCUT2D eigenvalue weighted by Crippen LogP contribution is -2.34. The first-order valence-corrected chi connectivity index (χ1v) is 9.61. The number of likely N-dealkylation sites (N-methyl/N-ethyl adjacent to an activating group) is 1. The van der Waals surface area contributed by atoms with E-state index in [2.05, 4.69) is 20.6 Å². The number of hydrogen-bond acceptors (Lipinski definition) is 6. The van der Waals surface area contributed by atoms with Crippen LogP contribution in [0.2, 0.25) is 5.02 Å². The van der Waals surface area contributed by atoms with Crippen LogP contribution in [0.3, 0.4) is 0 Å². The summed E-state index contributed by atoms with van der Waals surface area (Å²) in [5, 5.41) is 6.04. The van der Waals surface area contributed by atoms with E-state index in [9.17, 15) is 8.78 Å². The van der Waals surface area contributed by atoms with Crippen molar-refractivity contribution in [1.29, 1.82) is 0 Å². The molecule has 6 nitrogen and oxygen atoms in total. The first kappa shape index (κ1) is 21.0. The summed E-state index contributed by atoms with van der Waals surface area (Å²) in [5.74, 6) is -0.521. The van der Waals surface area contributed by atoms with Gasteiger partial charge in [0.25, 0.3) is 0 Å². The largest absolute Gasteiger partial charge is 0.404 e. The molecule has 1 aromatic heterocycles. The van der Waals surface area contributed by atoms with E-state index >= 15 is 0 Å². The molecule has 0 aliphatic carbocycles. The van der Waals surface area contributed by atoms with Gasteiger partial charge >= 0.3 is 0 Å². The Kier molecular flexibility index (Phi) is 7.00. The zero-order valence-electron chi connectivity index (χ0n) is 16.1. The molecule has 1 aromatic carbocycles. The van der Waals surface area contributed by atoms with Crippen molar-refractivity contribution >= 4 is 34.9 Å². The summed E-state index contributed by atoms with van der Waals surface area (Å²) in [6.45, 7) is 2.72. The van der Waals surface area contributed by atoms with Crippen LogP contribution in [-0.2, 0) is 6.54 Å². The van der Waals surface area contributed by atoms with E-state index in [0.717, 1.165) is 35.5 Å². The quantitative estimate of drug-likeness (QED) is 0.364. The van der Waals surface area contributed by atoms with Crippen molar-refractivity contribution in [3.63, 3.8) is 0 Å². The highest BCUT2D eigenvalue weighted by Crippen LogP contribution is 2.33. The van der Waals surface area contributed by atoms with Crippen LogP contribution >= 0.6 is 11.6 Å². The van der Waals surface area contributed by atoms with Crippen molar-refractivity contribution in [3.8, 4) is 0 Å². The number of aliphatic imine (C=N–C) groups is 1.